The zero-order chi connectivity index (χ0) is 22.5. The second kappa shape index (κ2) is 9.34. The van der Waals surface area contributed by atoms with E-state index in [2.05, 4.69) is 15.6 Å². The molecule has 0 aliphatic heterocycles. The van der Waals surface area contributed by atoms with Crippen molar-refractivity contribution in [2.45, 2.75) is 13.3 Å². The Morgan fingerprint density at radius 2 is 1.81 bits per heavy atom. The van der Waals surface area contributed by atoms with Crippen molar-refractivity contribution in [3.63, 3.8) is 0 Å². The highest BCUT2D eigenvalue weighted by atomic mass is 19.1. The molecule has 0 bridgehead atoms. The van der Waals surface area contributed by atoms with Crippen LogP contribution < -0.4 is 15.4 Å². The maximum atomic E-state index is 13.7. The summed E-state index contributed by atoms with van der Waals surface area (Å²) in [5.41, 5.74) is 3.30. The lowest BCUT2D eigenvalue weighted by Crippen LogP contribution is -2.36. The van der Waals surface area contributed by atoms with Crippen LogP contribution in [0.1, 0.15) is 11.1 Å². The second-order valence-electron chi connectivity index (χ2n) is 7.33. The van der Waals surface area contributed by atoms with Crippen LogP contribution in [0, 0.1) is 12.7 Å². The Bertz CT molecular complexity index is 1270. The minimum Gasteiger partial charge on any atom is -0.455 e. The Hall–Kier alpha value is -4.13. The molecule has 0 saturated heterocycles. The zero-order valence-corrected chi connectivity index (χ0v) is 17.4. The highest BCUT2D eigenvalue weighted by molar-refractivity contribution is 6.39. The lowest BCUT2D eigenvalue weighted by Gasteiger charge is -2.12. The van der Waals surface area contributed by atoms with Crippen LogP contribution in [0.5, 0.6) is 11.5 Å². The van der Waals surface area contributed by atoms with Gasteiger partial charge in [0, 0.05) is 29.7 Å². The van der Waals surface area contributed by atoms with E-state index >= 15 is 0 Å². The summed E-state index contributed by atoms with van der Waals surface area (Å²) in [7, 11) is 0. The number of H-pyrrole nitrogens is 1. The number of fused-ring (bicyclic) bond motifs is 1. The SMILES string of the molecule is Cc1cccc2[nH]cc(CCNC(=O)C(=O)Nc3cc(F)ccc3Oc3ccccc3)c12. The number of hydrogen-bond donors (Lipinski definition) is 3. The molecule has 0 unspecified atom stereocenters. The van der Waals surface area contributed by atoms with Crippen LogP contribution in [-0.2, 0) is 16.0 Å². The van der Waals surface area contributed by atoms with Gasteiger partial charge in [-0.3, -0.25) is 9.59 Å². The molecule has 2 amide bonds. The van der Waals surface area contributed by atoms with E-state index in [0.717, 1.165) is 28.1 Å². The summed E-state index contributed by atoms with van der Waals surface area (Å²) >= 11 is 0. The van der Waals surface area contributed by atoms with Gasteiger partial charge in [0.25, 0.3) is 0 Å². The molecule has 0 saturated carbocycles. The molecule has 0 atom stereocenters. The molecule has 4 rings (SSSR count). The van der Waals surface area contributed by atoms with Crippen LogP contribution in [0.3, 0.4) is 0 Å². The lowest BCUT2D eigenvalue weighted by molar-refractivity contribution is -0.136. The van der Waals surface area contributed by atoms with Gasteiger partial charge >= 0.3 is 11.8 Å². The number of rotatable bonds is 6. The Morgan fingerprint density at radius 3 is 2.62 bits per heavy atom. The molecule has 0 fully saturated rings. The number of aromatic nitrogens is 1. The largest absolute Gasteiger partial charge is 0.455 e. The average molecular weight is 431 g/mol. The van der Waals surface area contributed by atoms with Crippen molar-refractivity contribution < 1.29 is 18.7 Å². The first kappa shape index (κ1) is 21.1. The highest BCUT2D eigenvalue weighted by Crippen LogP contribution is 2.30. The summed E-state index contributed by atoms with van der Waals surface area (Å²) < 4.78 is 19.5. The number of ether oxygens (including phenoxy) is 1. The first-order valence-corrected chi connectivity index (χ1v) is 10.2. The fourth-order valence-electron chi connectivity index (χ4n) is 3.52. The number of benzene rings is 3. The predicted molar refractivity (Wildman–Crippen MR) is 121 cm³/mol. The van der Waals surface area contributed by atoms with E-state index < -0.39 is 17.6 Å². The fraction of sp³-hybridized carbons (Fsp3) is 0.120. The van der Waals surface area contributed by atoms with Gasteiger partial charge < -0.3 is 20.4 Å². The third-order valence-corrected chi connectivity index (χ3v) is 5.04. The molecule has 0 aliphatic carbocycles. The number of carbonyl (C=O) groups is 2. The Morgan fingerprint density at radius 1 is 1.00 bits per heavy atom. The van der Waals surface area contributed by atoms with Crippen LogP contribution in [0.25, 0.3) is 10.9 Å². The third kappa shape index (κ3) is 4.78. The van der Waals surface area contributed by atoms with Crippen molar-refractivity contribution in [3.05, 3.63) is 89.9 Å². The van der Waals surface area contributed by atoms with Crippen LogP contribution >= 0.6 is 0 Å². The maximum absolute atomic E-state index is 13.7. The van der Waals surface area contributed by atoms with Gasteiger partial charge in [-0.05, 0) is 54.8 Å². The molecule has 1 aromatic heterocycles. The van der Waals surface area contributed by atoms with Crippen LogP contribution in [0.2, 0.25) is 0 Å². The topological polar surface area (TPSA) is 83.2 Å². The lowest BCUT2D eigenvalue weighted by atomic mass is 10.1. The van der Waals surface area contributed by atoms with Crippen molar-refractivity contribution in [2.24, 2.45) is 0 Å². The van der Waals surface area contributed by atoms with E-state index in [0.29, 0.717) is 12.2 Å². The normalized spacial score (nSPS) is 10.7. The minimum absolute atomic E-state index is 0.0706. The maximum Gasteiger partial charge on any atom is 0.313 e. The monoisotopic (exact) mass is 431 g/mol. The molecule has 0 spiro atoms. The van der Waals surface area contributed by atoms with Gasteiger partial charge in [0.05, 0.1) is 5.69 Å². The van der Waals surface area contributed by atoms with Crippen molar-refractivity contribution in [3.8, 4) is 11.5 Å². The number of hydrogen-bond acceptors (Lipinski definition) is 3. The highest BCUT2D eigenvalue weighted by Gasteiger charge is 2.17. The summed E-state index contributed by atoms with van der Waals surface area (Å²) in [5, 5.41) is 6.16. The molecule has 3 N–H and O–H groups in total. The smallest absolute Gasteiger partial charge is 0.313 e. The van der Waals surface area contributed by atoms with Crippen LogP contribution in [0.4, 0.5) is 10.1 Å². The zero-order valence-electron chi connectivity index (χ0n) is 17.4. The summed E-state index contributed by atoms with van der Waals surface area (Å²) in [5.74, 6) is -1.52. The van der Waals surface area contributed by atoms with Gasteiger partial charge in [-0.2, -0.15) is 0 Å². The summed E-state index contributed by atoms with van der Waals surface area (Å²) in [4.78, 5) is 27.9. The molecular weight excluding hydrogens is 409 g/mol. The number of aromatic amines is 1. The fourth-order valence-corrected chi connectivity index (χ4v) is 3.52. The van der Waals surface area contributed by atoms with Gasteiger partial charge in [-0.25, -0.2) is 4.39 Å². The molecular formula is C25H22FN3O3. The Balaban J connectivity index is 1.38. The predicted octanol–water partition coefficient (Wildman–Crippen LogP) is 4.71. The average Bonchev–Trinajstić information content (AvgIpc) is 3.20. The molecule has 7 heteroatoms. The number of amides is 2. The quantitative estimate of drug-likeness (QED) is 0.387. The van der Waals surface area contributed by atoms with E-state index in [1.165, 1.54) is 12.1 Å². The summed E-state index contributed by atoms with van der Waals surface area (Å²) in [6, 6.07) is 18.6. The molecule has 6 nitrogen and oxygen atoms in total. The van der Waals surface area contributed by atoms with Gasteiger partial charge in [-0.1, -0.05) is 30.3 Å². The molecule has 0 aliphatic rings. The van der Waals surface area contributed by atoms with Crippen LogP contribution in [-0.4, -0.2) is 23.3 Å². The van der Waals surface area contributed by atoms with Gasteiger partial charge in [0.2, 0.25) is 0 Å². The first-order chi connectivity index (χ1) is 15.5. The Kier molecular flexibility index (Phi) is 6.17. The van der Waals surface area contributed by atoms with E-state index in [9.17, 15) is 14.0 Å². The number of para-hydroxylation sites is 1. The summed E-state index contributed by atoms with van der Waals surface area (Å²) in [6.07, 6.45) is 2.47. The number of aryl methyl sites for hydroxylation is 1. The number of carbonyl (C=O) groups excluding carboxylic acids is 2. The first-order valence-electron chi connectivity index (χ1n) is 10.2. The number of anilines is 1. The standard InChI is InChI=1S/C25H22FN3O3/c1-16-6-5-9-20-23(16)17(15-28-20)12-13-27-24(30)25(31)29-21-14-18(26)10-11-22(21)32-19-7-3-2-4-8-19/h2-11,14-15,28H,12-13H2,1H3,(H,27,30)(H,29,31). The minimum atomic E-state index is -0.899. The second-order valence-corrected chi connectivity index (χ2v) is 7.33. The number of halogens is 1. The number of nitrogens with one attached hydrogen (secondary N) is 3. The Labute approximate surface area is 184 Å². The molecule has 0 radical (unpaired) electrons. The van der Waals surface area contributed by atoms with Gasteiger partial charge in [0.15, 0.2) is 5.75 Å². The van der Waals surface area contributed by atoms with Crippen molar-refractivity contribution in [2.75, 3.05) is 11.9 Å². The van der Waals surface area contributed by atoms with E-state index in [-0.39, 0.29) is 18.0 Å². The molecule has 4 aromatic rings. The van der Waals surface area contributed by atoms with Gasteiger partial charge in [-0.15, -0.1) is 0 Å². The van der Waals surface area contributed by atoms with E-state index in [1.807, 2.05) is 37.4 Å². The molecule has 32 heavy (non-hydrogen) atoms. The molecule has 162 valence electrons. The van der Waals surface area contributed by atoms with Crippen molar-refractivity contribution in [1.29, 1.82) is 0 Å². The molecule has 3 aromatic carbocycles. The van der Waals surface area contributed by atoms with Crippen molar-refractivity contribution >= 4 is 28.4 Å². The van der Waals surface area contributed by atoms with Crippen LogP contribution in [0.15, 0.2) is 72.9 Å². The summed E-state index contributed by atoms with van der Waals surface area (Å²) in [6.45, 7) is 2.31. The van der Waals surface area contributed by atoms with E-state index in [4.69, 9.17) is 4.74 Å². The molecule has 1 heterocycles. The van der Waals surface area contributed by atoms with Crippen molar-refractivity contribution in [1.82, 2.24) is 10.3 Å². The van der Waals surface area contributed by atoms with Gasteiger partial charge in [0.1, 0.15) is 11.6 Å². The third-order valence-electron chi connectivity index (χ3n) is 5.04. The van der Waals surface area contributed by atoms with E-state index in [1.54, 1.807) is 24.3 Å².